The van der Waals surface area contributed by atoms with E-state index in [1.165, 1.54) is 5.56 Å². The molecule has 1 aromatic rings. The van der Waals surface area contributed by atoms with Crippen molar-refractivity contribution < 1.29 is 4.39 Å². The fourth-order valence-electron chi connectivity index (χ4n) is 2.18. The maximum absolute atomic E-state index is 13.2. The molecule has 1 aromatic carbocycles. The molecule has 0 bridgehead atoms. The van der Waals surface area contributed by atoms with Gasteiger partial charge in [0.2, 0.25) is 0 Å². The van der Waals surface area contributed by atoms with Crippen LogP contribution in [0.25, 0.3) is 0 Å². The van der Waals surface area contributed by atoms with E-state index in [2.05, 4.69) is 55.9 Å². The zero-order chi connectivity index (χ0) is 15.3. The Hall–Kier alpha value is -0.410. The number of benzene rings is 1. The van der Waals surface area contributed by atoms with Gasteiger partial charge in [0.05, 0.1) is 0 Å². The smallest absolute Gasteiger partial charge is 0.124 e. The normalized spacial score (nSPS) is 13.8. The van der Waals surface area contributed by atoms with Crippen molar-refractivity contribution in [2.45, 2.75) is 41.0 Å². The lowest BCUT2D eigenvalue weighted by Gasteiger charge is -2.32. The lowest BCUT2D eigenvalue weighted by molar-refractivity contribution is 0.228. The lowest BCUT2D eigenvalue weighted by Crippen LogP contribution is -2.35. The van der Waals surface area contributed by atoms with Crippen LogP contribution < -0.4 is 5.32 Å². The first-order chi connectivity index (χ1) is 9.20. The zero-order valence-corrected chi connectivity index (χ0v) is 14.8. The Balaban J connectivity index is 2.74. The molecule has 0 saturated heterocycles. The highest BCUT2D eigenvalue weighted by molar-refractivity contribution is 9.10. The summed E-state index contributed by atoms with van der Waals surface area (Å²) in [6, 6.07) is 4.98. The van der Waals surface area contributed by atoms with Gasteiger partial charge < -0.3 is 5.32 Å². The Labute approximate surface area is 131 Å². The van der Waals surface area contributed by atoms with Gasteiger partial charge in [0.25, 0.3) is 0 Å². The van der Waals surface area contributed by atoms with Crippen LogP contribution in [0.2, 0.25) is 0 Å². The molecule has 0 saturated carbocycles. The molecule has 1 N–H and O–H groups in total. The van der Waals surface area contributed by atoms with Gasteiger partial charge in [-0.3, -0.25) is 0 Å². The van der Waals surface area contributed by atoms with Crippen molar-refractivity contribution in [3.8, 4) is 0 Å². The first-order valence-corrected chi connectivity index (χ1v) is 8.14. The number of rotatable bonds is 6. The van der Waals surface area contributed by atoms with E-state index in [9.17, 15) is 4.39 Å². The Morgan fingerprint density at radius 1 is 1.20 bits per heavy atom. The van der Waals surface area contributed by atoms with Crippen LogP contribution in [-0.4, -0.2) is 13.1 Å². The van der Waals surface area contributed by atoms with Gasteiger partial charge in [-0.1, -0.05) is 56.6 Å². The molecule has 0 aliphatic carbocycles. The first kappa shape index (κ1) is 17.6. The van der Waals surface area contributed by atoms with E-state index >= 15 is 0 Å². The van der Waals surface area contributed by atoms with E-state index in [4.69, 9.17) is 0 Å². The third kappa shape index (κ3) is 5.92. The highest BCUT2D eigenvalue weighted by atomic mass is 79.9. The maximum atomic E-state index is 13.2. The fourth-order valence-corrected chi connectivity index (χ4v) is 2.70. The van der Waals surface area contributed by atoms with Crippen molar-refractivity contribution >= 4 is 15.9 Å². The second-order valence-corrected chi connectivity index (χ2v) is 7.91. The Morgan fingerprint density at radius 2 is 1.85 bits per heavy atom. The number of hydrogen-bond acceptors (Lipinski definition) is 1. The second kappa shape index (κ2) is 7.56. The third-order valence-corrected chi connectivity index (χ3v) is 4.39. The second-order valence-electron chi connectivity index (χ2n) is 7.05. The summed E-state index contributed by atoms with van der Waals surface area (Å²) < 4.78 is 14.0. The van der Waals surface area contributed by atoms with Gasteiger partial charge in [-0.15, -0.1) is 0 Å². The van der Waals surface area contributed by atoms with Crippen LogP contribution in [0.4, 0.5) is 4.39 Å². The Morgan fingerprint density at radius 3 is 2.35 bits per heavy atom. The summed E-state index contributed by atoms with van der Waals surface area (Å²) >= 11 is 3.47. The van der Waals surface area contributed by atoms with Gasteiger partial charge >= 0.3 is 0 Å². The Kier molecular flexibility index (Phi) is 6.67. The standard InChI is InChI=1S/C17H27BrFN/c1-12(2)10-20-11-14(17(3,4)5)8-13-6-7-15(19)9-16(13)18/h6-7,9,12,14,20H,8,10-11H2,1-5H3. The summed E-state index contributed by atoms with van der Waals surface area (Å²) in [5.74, 6) is 0.988. The van der Waals surface area contributed by atoms with E-state index in [0.717, 1.165) is 24.0 Å². The van der Waals surface area contributed by atoms with Crippen LogP contribution in [0.3, 0.4) is 0 Å². The molecule has 1 atom stereocenters. The average Bonchev–Trinajstić information content (AvgIpc) is 2.28. The molecular formula is C17H27BrFN. The van der Waals surface area contributed by atoms with E-state index in [-0.39, 0.29) is 11.2 Å². The quantitative estimate of drug-likeness (QED) is 0.762. The van der Waals surface area contributed by atoms with E-state index < -0.39 is 0 Å². The van der Waals surface area contributed by atoms with E-state index in [1.54, 1.807) is 12.1 Å². The molecule has 0 aliphatic rings. The molecule has 0 amide bonds. The van der Waals surface area contributed by atoms with Crippen LogP contribution in [0.15, 0.2) is 22.7 Å². The third-order valence-electron chi connectivity index (χ3n) is 3.65. The van der Waals surface area contributed by atoms with Crippen LogP contribution in [0.1, 0.15) is 40.2 Å². The average molecular weight is 344 g/mol. The highest BCUT2D eigenvalue weighted by Gasteiger charge is 2.25. The molecule has 3 heteroatoms. The number of nitrogens with one attached hydrogen (secondary N) is 1. The molecule has 20 heavy (non-hydrogen) atoms. The lowest BCUT2D eigenvalue weighted by atomic mass is 9.77. The van der Waals surface area contributed by atoms with Crippen molar-refractivity contribution in [3.63, 3.8) is 0 Å². The van der Waals surface area contributed by atoms with Gasteiger partial charge in [-0.05, 0) is 54.5 Å². The minimum atomic E-state index is -0.189. The summed E-state index contributed by atoms with van der Waals surface area (Å²) in [5.41, 5.74) is 1.40. The largest absolute Gasteiger partial charge is 0.316 e. The summed E-state index contributed by atoms with van der Waals surface area (Å²) in [7, 11) is 0. The summed E-state index contributed by atoms with van der Waals surface area (Å²) in [5, 5.41) is 3.55. The number of halogens is 2. The van der Waals surface area contributed by atoms with Gasteiger partial charge in [0, 0.05) is 4.47 Å². The molecule has 0 heterocycles. The molecule has 0 aromatic heterocycles. The van der Waals surface area contributed by atoms with Gasteiger partial charge in [-0.25, -0.2) is 4.39 Å². The highest BCUT2D eigenvalue weighted by Crippen LogP contribution is 2.31. The minimum absolute atomic E-state index is 0.189. The van der Waals surface area contributed by atoms with Crippen molar-refractivity contribution in [1.29, 1.82) is 0 Å². The maximum Gasteiger partial charge on any atom is 0.124 e. The monoisotopic (exact) mass is 343 g/mol. The van der Waals surface area contributed by atoms with Gasteiger partial charge in [0.15, 0.2) is 0 Å². The Bertz CT molecular complexity index is 423. The van der Waals surface area contributed by atoms with E-state index in [0.29, 0.717) is 11.8 Å². The topological polar surface area (TPSA) is 12.0 Å². The van der Waals surface area contributed by atoms with Gasteiger partial charge in [-0.2, -0.15) is 0 Å². The van der Waals surface area contributed by atoms with Crippen molar-refractivity contribution in [3.05, 3.63) is 34.1 Å². The molecule has 0 spiro atoms. The van der Waals surface area contributed by atoms with E-state index in [1.807, 2.05) is 6.07 Å². The molecule has 0 fully saturated rings. The summed E-state index contributed by atoms with van der Waals surface area (Å²) in [4.78, 5) is 0. The van der Waals surface area contributed by atoms with Crippen LogP contribution in [0, 0.1) is 23.1 Å². The summed E-state index contributed by atoms with van der Waals surface area (Å²) in [6.07, 6.45) is 0.954. The minimum Gasteiger partial charge on any atom is -0.316 e. The van der Waals surface area contributed by atoms with Crippen molar-refractivity contribution in [1.82, 2.24) is 5.32 Å². The molecule has 1 nitrogen and oxygen atoms in total. The molecule has 114 valence electrons. The van der Waals surface area contributed by atoms with Crippen LogP contribution >= 0.6 is 15.9 Å². The summed E-state index contributed by atoms with van der Waals surface area (Å²) in [6.45, 7) is 13.3. The predicted molar refractivity (Wildman–Crippen MR) is 88.5 cm³/mol. The van der Waals surface area contributed by atoms with Crippen molar-refractivity contribution in [2.75, 3.05) is 13.1 Å². The van der Waals surface area contributed by atoms with Gasteiger partial charge in [0.1, 0.15) is 5.82 Å². The van der Waals surface area contributed by atoms with Crippen LogP contribution in [-0.2, 0) is 6.42 Å². The molecule has 0 aliphatic heterocycles. The SMILES string of the molecule is CC(C)CNCC(Cc1ccc(F)cc1Br)C(C)(C)C. The first-order valence-electron chi connectivity index (χ1n) is 7.34. The van der Waals surface area contributed by atoms with Crippen molar-refractivity contribution in [2.24, 2.45) is 17.3 Å². The molecule has 1 unspecified atom stereocenters. The zero-order valence-electron chi connectivity index (χ0n) is 13.3. The molecule has 1 rings (SSSR count). The predicted octanol–water partition coefficient (Wildman–Crippen LogP) is 5.04. The molecular weight excluding hydrogens is 317 g/mol. The fraction of sp³-hybridized carbons (Fsp3) is 0.647. The number of hydrogen-bond donors (Lipinski definition) is 1. The molecule has 0 radical (unpaired) electrons. The van der Waals surface area contributed by atoms with Crippen LogP contribution in [0.5, 0.6) is 0 Å².